The number of benzene rings is 1. The lowest BCUT2D eigenvalue weighted by molar-refractivity contribution is -0.148. The Morgan fingerprint density at radius 2 is 1.88 bits per heavy atom. The molecule has 1 aromatic heterocycles. The molecule has 0 saturated carbocycles. The van der Waals surface area contributed by atoms with Crippen LogP contribution >= 0.6 is 0 Å². The standard InChI is InChI=1S/C23H31N5O5/c1-15(29)26-21(12-16-14-25-19-7-5-4-6-18(16)19)22(31)27-20(9-8-17(30)13-24)23(32)33-11-10-28(2)3/h4-7,13-14,20-21,24-25H,8-12H2,1-3H3,(H,26,29)(H,27,31)/t20-,21-/m0/s1. The van der Waals surface area contributed by atoms with Crippen LogP contribution in [0.3, 0.4) is 0 Å². The van der Waals surface area contributed by atoms with E-state index in [1.54, 1.807) is 6.20 Å². The van der Waals surface area contributed by atoms with E-state index < -0.39 is 29.7 Å². The molecule has 10 heteroatoms. The fourth-order valence-corrected chi connectivity index (χ4v) is 3.28. The van der Waals surface area contributed by atoms with Crippen LogP contribution in [0.5, 0.6) is 0 Å². The van der Waals surface area contributed by atoms with Crippen LogP contribution in [0.4, 0.5) is 0 Å². The smallest absolute Gasteiger partial charge is 0.328 e. The molecule has 10 nitrogen and oxygen atoms in total. The number of hydrogen-bond acceptors (Lipinski definition) is 7. The second-order valence-electron chi connectivity index (χ2n) is 8.00. The van der Waals surface area contributed by atoms with Gasteiger partial charge in [0.2, 0.25) is 11.8 Å². The van der Waals surface area contributed by atoms with Gasteiger partial charge in [-0.15, -0.1) is 0 Å². The first kappa shape index (κ1) is 25.7. The predicted octanol–water partition coefficient (Wildman–Crippen LogP) is 0.804. The summed E-state index contributed by atoms with van der Waals surface area (Å²) >= 11 is 0. The van der Waals surface area contributed by atoms with Crippen LogP contribution in [0.25, 0.3) is 10.9 Å². The fraction of sp³-hybridized carbons (Fsp3) is 0.435. The van der Waals surface area contributed by atoms with Crippen LogP contribution in [0.1, 0.15) is 25.3 Å². The summed E-state index contributed by atoms with van der Waals surface area (Å²) in [6.45, 7) is 1.94. The molecule has 0 aliphatic rings. The number of carbonyl (C=O) groups is 4. The number of nitrogens with one attached hydrogen (secondary N) is 4. The highest BCUT2D eigenvalue weighted by Gasteiger charge is 2.28. The van der Waals surface area contributed by atoms with Gasteiger partial charge in [0, 0.05) is 43.4 Å². The van der Waals surface area contributed by atoms with Gasteiger partial charge in [-0.25, -0.2) is 4.79 Å². The lowest BCUT2D eigenvalue weighted by atomic mass is 10.0. The zero-order chi connectivity index (χ0) is 24.4. The van der Waals surface area contributed by atoms with Crippen molar-refractivity contribution >= 4 is 40.7 Å². The molecule has 0 aliphatic heterocycles. The molecule has 1 heterocycles. The minimum absolute atomic E-state index is 0.0133. The fourth-order valence-electron chi connectivity index (χ4n) is 3.28. The number of H-pyrrole nitrogens is 1. The molecule has 0 bridgehead atoms. The number of esters is 1. The molecule has 4 N–H and O–H groups in total. The first-order valence-electron chi connectivity index (χ1n) is 10.7. The molecule has 0 fully saturated rings. The predicted molar refractivity (Wildman–Crippen MR) is 124 cm³/mol. The van der Waals surface area contributed by atoms with E-state index >= 15 is 0 Å². The Morgan fingerprint density at radius 3 is 2.55 bits per heavy atom. The SMILES string of the molecule is CC(=O)N[C@@H](Cc1c[nH]c2ccccc12)C(=O)N[C@@H](CCC(=O)C=N)C(=O)OCCN(C)C. The normalized spacial score (nSPS) is 12.7. The van der Waals surface area contributed by atoms with E-state index in [9.17, 15) is 19.2 Å². The molecule has 2 rings (SSSR count). The summed E-state index contributed by atoms with van der Waals surface area (Å²) in [6, 6.07) is 5.58. The second-order valence-corrected chi connectivity index (χ2v) is 8.00. The summed E-state index contributed by atoms with van der Waals surface area (Å²) in [5.74, 6) is -2.09. The number of ether oxygens (including phenoxy) is 1. The summed E-state index contributed by atoms with van der Waals surface area (Å²) in [5, 5.41) is 13.2. The summed E-state index contributed by atoms with van der Waals surface area (Å²) in [6.07, 6.45) is 2.55. The van der Waals surface area contributed by atoms with Crippen LogP contribution < -0.4 is 10.6 Å². The third kappa shape index (κ3) is 8.15. The second kappa shape index (κ2) is 12.5. The number of nitrogens with zero attached hydrogens (tertiary/aromatic N) is 1. The molecule has 0 spiro atoms. The third-order valence-electron chi connectivity index (χ3n) is 5.02. The minimum atomic E-state index is -1.08. The number of ketones is 1. The molecule has 1 aromatic carbocycles. The molecule has 0 saturated heterocycles. The number of para-hydroxylation sites is 1. The number of fused-ring (bicyclic) bond motifs is 1. The van der Waals surface area contributed by atoms with Crippen molar-refractivity contribution in [1.29, 1.82) is 5.41 Å². The molecule has 0 unspecified atom stereocenters. The van der Waals surface area contributed by atoms with Gasteiger partial charge in [-0.05, 0) is 32.1 Å². The summed E-state index contributed by atoms with van der Waals surface area (Å²) < 4.78 is 5.25. The van der Waals surface area contributed by atoms with Gasteiger partial charge in [0.05, 0.1) is 6.21 Å². The molecule has 0 radical (unpaired) electrons. The van der Waals surface area contributed by atoms with Gasteiger partial charge in [-0.3, -0.25) is 14.4 Å². The van der Waals surface area contributed by atoms with Crippen molar-refractivity contribution in [3.05, 3.63) is 36.0 Å². The zero-order valence-electron chi connectivity index (χ0n) is 19.1. The van der Waals surface area contributed by atoms with Crippen LogP contribution in [0.15, 0.2) is 30.5 Å². The van der Waals surface area contributed by atoms with Crippen LogP contribution in [-0.4, -0.2) is 79.0 Å². The first-order valence-corrected chi connectivity index (χ1v) is 10.7. The topological polar surface area (TPSA) is 144 Å². The number of hydrogen-bond donors (Lipinski definition) is 4. The van der Waals surface area contributed by atoms with E-state index in [2.05, 4.69) is 15.6 Å². The number of Topliss-reactive ketones (excluding diaryl/α,β-unsaturated/α-hetero) is 1. The van der Waals surface area contributed by atoms with Crippen molar-refractivity contribution < 1.29 is 23.9 Å². The largest absolute Gasteiger partial charge is 0.463 e. The lowest BCUT2D eigenvalue weighted by Crippen LogP contribution is -2.52. The van der Waals surface area contributed by atoms with Gasteiger partial charge >= 0.3 is 5.97 Å². The van der Waals surface area contributed by atoms with E-state index in [1.165, 1.54) is 6.92 Å². The van der Waals surface area contributed by atoms with Gasteiger partial charge in [-0.1, -0.05) is 18.2 Å². The van der Waals surface area contributed by atoms with E-state index in [0.717, 1.165) is 16.5 Å². The molecule has 2 atom stereocenters. The number of amides is 2. The van der Waals surface area contributed by atoms with Crippen molar-refractivity contribution in [1.82, 2.24) is 20.5 Å². The number of aromatic amines is 1. The number of carbonyl (C=O) groups excluding carboxylic acids is 4. The third-order valence-corrected chi connectivity index (χ3v) is 5.02. The van der Waals surface area contributed by atoms with Crippen molar-refractivity contribution in [2.45, 2.75) is 38.3 Å². The molecule has 2 aromatic rings. The summed E-state index contributed by atoms with van der Waals surface area (Å²) in [4.78, 5) is 54.0. The van der Waals surface area contributed by atoms with E-state index in [1.807, 2.05) is 43.3 Å². The molecule has 2 amide bonds. The van der Waals surface area contributed by atoms with Crippen LogP contribution in [0, 0.1) is 5.41 Å². The average Bonchev–Trinajstić information content (AvgIpc) is 3.17. The van der Waals surface area contributed by atoms with E-state index in [4.69, 9.17) is 10.1 Å². The highest BCUT2D eigenvalue weighted by Crippen LogP contribution is 2.19. The number of likely N-dealkylation sites (N-methyl/N-ethyl adjacent to an activating group) is 1. The molecule has 33 heavy (non-hydrogen) atoms. The van der Waals surface area contributed by atoms with Crippen molar-refractivity contribution in [3.8, 4) is 0 Å². The maximum absolute atomic E-state index is 13.1. The Kier molecular flexibility index (Phi) is 9.74. The monoisotopic (exact) mass is 457 g/mol. The van der Waals surface area contributed by atoms with Gasteiger partial charge in [0.1, 0.15) is 18.7 Å². The van der Waals surface area contributed by atoms with Gasteiger partial charge in [-0.2, -0.15) is 0 Å². The maximum Gasteiger partial charge on any atom is 0.328 e. The Hall–Kier alpha value is -3.53. The Bertz CT molecular complexity index is 1000. The molecule has 178 valence electrons. The van der Waals surface area contributed by atoms with Crippen molar-refractivity contribution in [2.75, 3.05) is 27.2 Å². The van der Waals surface area contributed by atoms with Crippen molar-refractivity contribution in [3.63, 3.8) is 0 Å². The molecular formula is C23H31N5O5. The summed E-state index contributed by atoms with van der Waals surface area (Å²) in [5.41, 5.74) is 1.74. The number of rotatable bonds is 13. The van der Waals surface area contributed by atoms with Gasteiger partial charge in [0.15, 0.2) is 5.78 Å². The average molecular weight is 458 g/mol. The van der Waals surface area contributed by atoms with Crippen LogP contribution in [0.2, 0.25) is 0 Å². The molecular weight excluding hydrogens is 426 g/mol. The Labute approximate surface area is 192 Å². The Morgan fingerprint density at radius 1 is 1.15 bits per heavy atom. The van der Waals surface area contributed by atoms with E-state index in [-0.39, 0.29) is 31.8 Å². The Balaban J connectivity index is 2.15. The zero-order valence-corrected chi connectivity index (χ0v) is 19.1. The van der Waals surface area contributed by atoms with Crippen molar-refractivity contribution in [2.24, 2.45) is 0 Å². The number of aromatic nitrogens is 1. The van der Waals surface area contributed by atoms with Gasteiger partial charge in [0.25, 0.3) is 0 Å². The lowest BCUT2D eigenvalue weighted by Gasteiger charge is -2.22. The van der Waals surface area contributed by atoms with E-state index in [0.29, 0.717) is 12.8 Å². The molecule has 0 aliphatic carbocycles. The highest BCUT2D eigenvalue weighted by atomic mass is 16.5. The highest BCUT2D eigenvalue weighted by molar-refractivity contribution is 6.26. The van der Waals surface area contributed by atoms with Crippen LogP contribution in [-0.2, 0) is 30.3 Å². The summed E-state index contributed by atoms with van der Waals surface area (Å²) in [7, 11) is 3.66. The minimum Gasteiger partial charge on any atom is -0.463 e. The quantitative estimate of drug-likeness (QED) is 0.259. The maximum atomic E-state index is 13.1. The van der Waals surface area contributed by atoms with Gasteiger partial charge < -0.3 is 30.7 Å². The first-order chi connectivity index (χ1) is 15.7.